The quantitative estimate of drug-likeness (QED) is 0.454. The van der Waals surface area contributed by atoms with Gasteiger partial charge in [-0.2, -0.15) is 0 Å². The molecule has 0 bridgehead atoms. The minimum Gasteiger partial charge on any atom is -0.490 e. The van der Waals surface area contributed by atoms with Gasteiger partial charge in [-0.05, 0) is 86.1 Å². The van der Waals surface area contributed by atoms with Crippen molar-refractivity contribution < 1.29 is 14.6 Å². The Hall–Kier alpha value is -2.27. The molecule has 0 amide bonds. The van der Waals surface area contributed by atoms with E-state index in [0.717, 1.165) is 53.4 Å². The Kier molecular flexibility index (Phi) is 7.95. The number of carboxylic acids is 1. The highest BCUT2D eigenvalue weighted by atomic mass is 35.5. The van der Waals surface area contributed by atoms with Crippen molar-refractivity contribution in [1.29, 1.82) is 0 Å². The van der Waals surface area contributed by atoms with Gasteiger partial charge in [0, 0.05) is 24.8 Å². The van der Waals surface area contributed by atoms with Crippen LogP contribution >= 0.6 is 11.6 Å². The molecule has 1 aliphatic heterocycles. The number of anilines is 1. The predicted molar refractivity (Wildman–Crippen MR) is 142 cm³/mol. The fraction of sp³-hybridized carbons (Fsp3) is 0.586. The van der Waals surface area contributed by atoms with Crippen LogP contribution in [-0.2, 0) is 11.2 Å². The number of carboxylic acid groups (broad SMARTS) is 1. The van der Waals surface area contributed by atoms with Crippen LogP contribution in [0.25, 0.3) is 11.3 Å². The van der Waals surface area contributed by atoms with Crippen LogP contribution in [0.15, 0.2) is 30.5 Å². The lowest BCUT2D eigenvalue weighted by atomic mass is 9.72. The third-order valence-corrected chi connectivity index (χ3v) is 8.30. The monoisotopic (exact) mass is 498 g/mol. The number of piperidine rings is 1. The zero-order chi connectivity index (χ0) is 25.2. The average molecular weight is 499 g/mol. The maximum atomic E-state index is 11.4. The summed E-state index contributed by atoms with van der Waals surface area (Å²) in [6.45, 7) is 10.5. The zero-order valence-electron chi connectivity index (χ0n) is 21.5. The van der Waals surface area contributed by atoms with Crippen LogP contribution in [0.4, 0.5) is 5.69 Å². The molecular formula is C29H39ClN2O3. The molecule has 190 valence electrons. The number of aryl methyl sites for hydroxylation is 1. The molecule has 1 saturated heterocycles. The van der Waals surface area contributed by atoms with Crippen molar-refractivity contribution in [3.63, 3.8) is 0 Å². The van der Waals surface area contributed by atoms with Crippen LogP contribution in [0.1, 0.15) is 71.8 Å². The molecule has 35 heavy (non-hydrogen) atoms. The predicted octanol–water partition coefficient (Wildman–Crippen LogP) is 7.25. The van der Waals surface area contributed by atoms with E-state index in [1.54, 1.807) is 0 Å². The number of halogens is 1. The molecule has 0 unspecified atom stereocenters. The molecule has 0 atom stereocenters. The van der Waals surface area contributed by atoms with E-state index in [-0.39, 0.29) is 12.0 Å². The summed E-state index contributed by atoms with van der Waals surface area (Å²) in [5.74, 6) is 0.692. The van der Waals surface area contributed by atoms with Crippen molar-refractivity contribution in [2.24, 2.45) is 17.3 Å². The summed E-state index contributed by atoms with van der Waals surface area (Å²) in [4.78, 5) is 18.3. The Morgan fingerprint density at radius 1 is 1.09 bits per heavy atom. The molecule has 2 heterocycles. The second-order valence-electron chi connectivity index (χ2n) is 11.2. The summed E-state index contributed by atoms with van der Waals surface area (Å²) in [6, 6.07) is 8.12. The van der Waals surface area contributed by atoms with Crippen molar-refractivity contribution >= 4 is 23.3 Å². The molecule has 1 aromatic heterocycles. The lowest BCUT2D eigenvalue weighted by Gasteiger charge is -2.37. The number of nitrogens with zero attached hydrogens (tertiary/aromatic N) is 2. The van der Waals surface area contributed by atoms with E-state index < -0.39 is 5.97 Å². The molecule has 1 saturated carbocycles. The lowest BCUT2D eigenvalue weighted by Crippen LogP contribution is -2.37. The largest absolute Gasteiger partial charge is 0.490 e. The molecular weight excluding hydrogens is 460 g/mol. The van der Waals surface area contributed by atoms with Gasteiger partial charge in [-0.3, -0.25) is 9.78 Å². The highest BCUT2D eigenvalue weighted by Crippen LogP contribution is 2.41. The van der Waals surface area contributed by atoms with Crippen LogP contribution in [0.3, 0.4) is 0 Å². The van der Waals surface area contributed by atoms with E-state index in [9.17, 15) is 9.90 Å². The number of hydrogen-bond acceptors (Lipinski definition) is 4. The zero-order valence-corrected chi connectivity index (χ0v) is 22.3. The number of aromatic nitrogens is 1. The smallest absolute Gasteiger partial charge is 0.306 e. The minimum atomic E-state index is -0.702. The number of aliphatic carboxylic acids is 1. The fourth-order valence-corrected chi connectivity index (χ4v) is 5.99. The van der Waals surface area contributed by atoms with Crippen molar-refractivity contribution in [1.82, 2.24) is 4.98 Å². The molecule has 4 rings (SSSR count). The Morgan fingerprint density at radius 2 is 1.71 bits per heavy atom. The number of pyridine rings is 1. The van der Waals surface area contributed by atoms with Gasteiger partial charge in [-0.15, -0.1) is 0 Å². The summed E-state index contributed by atoms with van der Waals surface area (Å²) in [5, 5.41) is 9.99. The molecule has 2 aromatic rings. The van der Waals surface area contributed by atoms with Crippen molar-refractivity contribution in [2.45, 2.75) is 78.7 Å². The summed E-state index contributed by atoms with van der Waals surface area (Å²) < 4.78 is 6.31. The lowest BCUT2D eigenvalue weighted by molar-refractivity contribution is -0.142. The molecule has 5 nitrogen and oxygen atoms in total. The molecule has 2 aliphatic rings. The molecule has 1 aliphatic carbocycles. The molecule has 6 heteroatoms. The molecule has 0 spiro atoms. The second kappa shape index (κ2) is 10.8. The average Bonchev–Trinajstić information content (AvgIpc) is 2.84. The molecule has 0 radical (unpaired) electrons. The minimum absolute atomic E-state index is 0.271. The van der Waals surface area contributed by atoms with E-state index in [1.165, 1.54) is 12.8 Å². The van der Waals surface area contributed by atoms with Gasteiger partial charge in [0.25, 0.3) is 0 Å². The SMILES string of the molecule is CCc1cnc(-c2ccc(OC3CCC(C(C)(C)C)CC3)cc2)c(Cl)c1N1CCC(C(=O)O)CC1. The first-order valence-electron chi connectivity index (χ1n) is 13.1. The number of ether oxygens (including phenoxy) is 1. The number of rotatable bonds is 6. The van der Waals surface area contributed by atoms with Crippen molar-refractivity contribution in [3.8, 4) is 17.0 Å². The first kappa shape index (κ1) is 25.8. The summed E-state index contributed by atoms with van der Waals surface area (Å²) in [6.07, 6.45) is 8.96. The van der Waals surface area contributed by atoms with Crippen LogP contribution < -0.4 is 9.64 Å². The first-order valence-corrected chi connectivity index (χ1v) is 13.5. The van der Waals surface area contributed by atoms with Gasteiger partial charge in [0.1, 0.15) is 5.75 Å². The van der Waals surface area contributed by atoms with Crippen molar-refractivity contribution in [3.05, 3.63) is 41.0 Å². The van der Waals surface area contributed by atoms with Crippen LogP contribution in [0, 0.1) is 17.3 Å². The third-order valence-electron chi connectivity index (χ3n) is 7.94. The van der Waals surface area contributed by atoms with Crippen LogP contribution in [0.2, 0.25) is 5.02 Å². The van der Waals surface area contributed by atoms with E-state index >= 15 is 0 Å². The fourth-order valence-electron chi connectivity index (χ4n) is 5.60. The normalized spacial score (nSPS) is 21.7. The van der Waals surface area contributed by atoms with Crippen LogP contribution in [-0.4, -0.2) is 35.3 Å². The van der Waals surface area contributed by atoms with Crippen LogP contribution in [0.5, 0.6) is 5.75 Å². The van der Waals surface area contributed by atoms with Gasteiger partial charge >= 0.3 is 5.97 Å². The van der Waals surface area contributed by atoms with Gasteiger partial charge in [-0.1, -0.05) is 39.3 Å². The van der Waals surface area contributed by atoms with Gasteiger partial charge < -0.3 is 14.7 Å². The van der Waals surface area contributed by atoms with Gasteiger partial charge in [0.15, 0.2) is 0 Å². The molecule has 1 N–H and O–H groups in total. The van der Waals surface area contributed by atoms with Gasteiger partial charge in [-0.25, -0.2) is 0 Å². The van der Waals surface area contributed by atoms with Gasteiger partial charge in [0.05, 0.1) is 28.4 Å². The number of carbonyl (C=O) groups is 1. The standard InChI is InChI=1S/C29H39ClN2O3/c1-5-19-18-31-26(25(30)27(19)32-16-14-21(15-17-32)28(33)34)20-6-10-23(11-7-20)35-24-12-8-22(9-13-24)29(2,3)4/h6-7,10-11,18,21-22,24H,5,8-9,12-17H2,1-4H3,(H,33,34). The second-order valence-corrected chi connectivity index (χ2v) is 11.6. The van der Waals surface area contributed by atoms with Gasteiger partial charge in [0.2, 0.25) is 0 Å². The summed E-state index contributed by atoms with van der Waals surface area (Å²) in [5.41, 5.74) is 4.19. The highest BCUT2D eigenvalue weighted by molar-refractivity contribution is 6.36. The maximum absolute atomic E-state index is 11.4. The number of benzene rings is 1. The molecule has 1 aromatic carbocycles. The Bertz CT molecular complexity index is 1020. The summed E-state index contributed by atoms with van der Waals surface area (Å²) in [7, 11) is 0. The Morgan fingerprint density at radius 3 is 2.26 bits per heavy atom. The third kappa shape index (κ3) is 5.94. The number of hydrogen-bond donors (Lipinski definition) is 1. The maximum Gasteiger partial charge on any atom is 0.306 e. The molecule has 2 fully saturated rings. The van der Waals surface area contributed by atoms with Crippen molar-refractivity contribution in [2.75, 3.05) is 18.0 Å². The van der Waals surface area contributed by atoms with E-state index in [1.807, 2.05) is 30.5 Å². The summed E-state index contributed by atoms with van der Waals surface area (Å²) >= 11 is 6.95. The van der Waals surface area contributed by atoms with E-state index in [4.69, 9.17) is 21.3 Å². The first-order chi connectivity index (χ1) is 16.7. The Labute approximate surface area is 214 Å². The van der Waals surface area contributed by atoms with E-state index in [0.29, 0.717) is 36.4 Å². The topological polar surface area (TPSA) is 62.7 Å². The highest BCUT2D eigenvalue weighted by Gasteiger charge is 2.31. The van der Waals surface area contributed by atoms with E-state index in [2.05, 4.69) is 32.6 Å². The Balaban J connectivity index is 1.47.